The molecular weight excluding hydrogens is 282 g/mol. The minimum Gasteiger partial charge on any atom is -0.369 e. The van der Waals surface area contributed by atoms with Crippen molar-refractivity contribution in [3.63, 3.8) is 0 Å². The Balaban J connectivity index is 1.45. The second kappa shape index (κ2) is 6.63. The minimum absolute atomic E-state index is 0.0823. The Labute approximate surface area is 128 Å². The van der Waals surface area contributed by atoms with Crippen LogP contribution in [-0.4, -0.2) is 25.2 Å². The van der Waals surface area contributed by atoms with Crippen LogP contribution >= 0.6 is 11.3 Å². The average molecular weight is 301 g/mol. The van der Waals surface area contributed by atoms with Crippen molar-refractivity contribution in [2.24, 2.45) is 0 Å². The molecule has 0 aliphatic carbocycles. The molecular formula is C16H19N3OS. The molecule has 1 aliphatic rings. The average Bonchev–Trinajstić information content (AvgIpc) is 3.17. The van der Waals surface area contributed by atoms with Crippen molar-refractivity contribution in [1.82, 2.24) is 10.6 Å². The molecule has 110 valence electrons. The standard InChI is InChI=1S/C16H19N3OS/c20-16(17-10-13-7-9-21-12-13)18-14-6-8-19(11-14)15-4-2-1-3-5-15/h1-5,7,9,12,14H,6,8,10-11H2,(H2,17,18,20)/t14-/m0/s1. The number of benzene rings is 1. The quantitative estimate of drug-likeness (QED) is 0.912. The normalized spacial score (nSPS) is 17.7. The first-order chi connectivity index (χ1) is 10.3. The van der Waals surface area contributed by atoms with Crippen LogP contribution in [0.15, 0.2) is 47.2 Å². The molecule has 2 heterocycles. The lowest BCUT2D eigenvalue weighted by atomic mass is 10.3. The van der Waals surface area contributed by atoms with Crippen molar-refractivity contribution in [2.75, 3.05) is 18.0 Å². The van der Waals surface area contributed by atoms with Gasteiger partial charge in [-0.2, -0.15) is 11.3 Å². The number of hydrogen-bond donors (Lipinski definition) is 2. The molecule has 1 aromatic carbocycles. The molecule has 4 nitrogen and oxygen atoms in total. The summed E-state index contributed by atoms with van der Waals surface area (Å²) in [4.78, 5) is 14.2. The highest BCUT2D eigenvalue weighted by Gasteiger charge is 2.23. The number of carbonyl (C=O) groups is 1. The van der Waals surface area contributed by atoms with E-state index in [0.717, 1.165) is 25.1 Å². The number of amides is 2. The number of thiophene rings is 1. The van der Waals surface area contributed by atoms with Gasteiger partial charge in [0.2, 0.25) is 0 Å². The van der Waals surface area contributed by atoms with Gasteiger partial charge in [-0.25, -0.2) is 4.79 Å². The Morgan fingerprint density at radius 1 is 1.29 bits per heavy atom. The van der Waals surface area contributed by atoms with E-state index in [1.807, 2.05) is 35.0 Å². The molecule has 2 amide bonds. The fourth-order valence-electron chi connectivity index (χ4n) is 2.56. The van der Waals surface area contributed by atoms with E-state index in [4.69, 9.17) is 0 Å². The molecule has 0 saturated carbocycles. The summed E-state index contributed by atoms with van der Waals surface area (Å²) in [5.41, 5.74) is 2.37. The van der Waals surface area contributed by atoms with E-state index in [2.05, 4.69) is 27.7 Å². The maximum absolute atomic E-state index is 11.9. The van der Waals surface area contributed by atoms with E-state index < -0.39 is 0 Å². The fraction of sp³-hybridized carbons (Fsp3) is 0.312. The van der Waals surface area contributed by atoms with Crippen LogP contribution in [0.5, 0.6) is 0 Å². The van der Waals surface area contributed by atoms with E-state index in [0.29, 0.717) is 6.54 Å². The summed E-state index contributed by atoms with van der Waals surface area (Å²) < 4.78 is 0. The molecule has 1 saturated heterocycles. The SMILES string of the molecule is O=C(NCc1ccsc1)N[C@H]1CCN(c2ccccc2)C1. The van der Waals surface area contributed by atoms with Crippen molar-refractivity contribution in [2.45, 2.75) is 19.0 Å². The van der Waals surface area contributed by atoms with Crippen LogP contribution in [0, 0.1) is 0 Å². The van der Waals surface area contributed by atoms with Crippen LogP contribution < -0.4 is 15.5 Å². The minimum atomic E-state index is -0.0823. The molecule has 1 fully saturated rings. The summed E-state index contributed by atoms with van der Waals surface area (Å²) in [6.07, 6.45) is 0.987. The van der Waals surface area contributed by atoms with Gasteiger partial charge in [-0.1, -0.05) is 18.2 Å². The largest absolute Gasteiger partial charge is 0.369 e. The number of carbonyl (C=O) groups excluding carboxylic acids is 1. The first-order valence-electron chi connectivity index (χ1n) is 7.17. The second-order valence-electron chi connectivity index (χ2n) is 5.23. The number of para-hydroxylation sites is 1. The van der Waals surface area contributed by atoms with Crippen LogP contribution in [0.1, 0.15) is 12.0 Å². The summed E-state index contributed by atoms with van der Waals surface area (Å²) >= 11 is 1.64. The van der Waals surface area contributed by atoms with Crippen LogP contribution in [0.25, 0.3) is 0 Å². The monoisotopic (exact) mass is 301 g/mol. The predicted molar refractivity (Wildman–Crippen MR) is 86.8 cm³/mol. The number of urea groups is 1. The number of rotatable bonds is 4. The molecule has 0 unspecified atom stereocenters. The van der Waals surface area contributed by atoms with Crippen molar-refractivity contribution in [1.29, 1.82) is 0 Å². The molecule has 1 aliphatic heterocycles. The Bertz CT molecular complexity index is 570. The zero-order valence-electron chi connectivity index (χ0n) is 11.8. The molecule has 3 rings (SSSR count). The van der Waals surface area contributed by atoms with Gasteiger partial charge in [0.15, 0.2) is 0 Å². The van der Waals surface area contributed by atoms with Gasteiger partial charge in [-0.05, 0) is 40.9 Å². The van der Waals surface area contributed by atoms with E-state index in [9.17, 15) is 4.79 Å². The van der Waals surface area contributed by atoms with Gasteiger partial charge in [0.25, 0.3) is 0 Å². The summed E-state index contributed by atoms with van der Waals surface area (Å²) in [5, 5.41) is 10.0. The molecule has 21 heavy (non-hydrogen) atoms. The van der Waals surface area contributed by atoms with Gasteiger partial charge in [0, 0.05) is 31.4 Å². The Kier molecular flexibility index (Phi) is 4.40. The highest BCUT2D eigenvalue weighted by atomic mass is 32.1. The van der Waals surface area contributed by atoms with E-state index in [-0.39, 0.29) is 12.1 Å². The van der Waals surface area contributed by atoms with Gasteiger partial charge in [-0.3, -0.25) is 0 Å². The highest BCUT2D eigenvalue weighted by Crippen LogP contribution is 2.19. The molecule has 2 aromatic rings. The number of nitrogens with one attached hydrogen (secondary N) is 2. The third-order valence-corrected chi connectivity index (χ3v) is 4.41. The summed E-state index contributed by atoms with van der Waals surface area (Å²) in [5.74, 6) is 0. The van der Waals surface area contributed by atoms with Crippen molar-refractivity contribution >= 4 is 23.1 Å². The lowest BCUT2D eigenvalue weighted by molar-refractivity contribution is 0.237. The number of anilines is 1. The summed E-state index contributed by atoms with van der Waals surface area (Å²) in [7, 11) is 0. The van der Waals surface area contributed by atoms with Crippen LogP contribution in [0.4, 0.5) is 10.5 Å². The molecule has 5 heteroatoms. The van der Waals surface area contributed by atoms with Crippen molar-refractivity contribution in [3.05, 3.63) is 52.7 Å². The van der Waals surface area contributed by atoms with E-state index in [1.54, 1.807) is 11.3 Å². The van der Waals surface area contributed by atoms with Gasteiger partial charge in [0.05, 0.1) is 0 Å². The third-order valence-electron chi connectivity index (χ3n) is 3.68. The van der Waals surface area contributed by atoms with Crippen molar-refractivity contribution in [3.8, 4) is 0 Å². The first kappa shape index (κ1) is 13.9. The second-order valence-corrected chi connectivity index (χ2v) is 6.01. The maximum atomic E-state index is 11.9. The topological polar surface area (TPSA) is 44.4 Å². The number of nitrogens with zero attached hydrogens (tertiary/aromatic N) is 1. The van der Waals surface area contributed by atoms with Crippen molar-refractivity contribution < 1.29 is 4.79 Å². The maximum Gasteiger partial charge on any atom is 0.315 e. The molecule has 0 bridgehead atoms. The van der Waals surface area contributed by atoms with Gasteiger partial charge in [-0.15, -0.1) is 0 Å². The molecule has 1 atom stereocenters. The van der Waals surface area contributed by atoms with E-state index in [1.165, 1.54) is 5.69 Å². The molecule has 2 N–H and O–H groups in total. The molecule has 1 aromatic heterocycles. The van der Waals surface area contributed by atoms with Gasteiger partial charge < -0.3 is 15.5 Å². The zero-order chi connectivity index (χ0) is 14.5. The molecule has 0 spiro atoms. The van der Waals surface area contributed by atoms with Gasteiger partial charge >= 0.3 is 6.03 Å². The zero-order valence-corrected chi connectivity index (χ0v) is 12.6. The summed E-state index contributed by atoms with van der Waals surface area (Å²) in [6.45, 7) is 2.44. The Morgan fingerprint density at radius 3 is 2.90 bits per heavy atom. The fourth-order valence-corrected chi connectivity index (χ4v) is 3.23. The third kappa shape index (κ3) is 3.76. The first-order valence-corrected chi connectivity index (χ1v) is 8.11. The Hall–Kier alpha value is -2.01. The Morgan fingerprint density at radius 2 is 2.14 bits per heavy atom. The van der Waals surface area contributed by atoms with Gasteiger partial charge in [0.1, 0.15) is 0 Å². The van der Waals surface area contributed by atoms with Crippen LogP contribution in [0.2, 0.25) is 0 Å². The lowest BCUT2D eigenvalue weighted by Gasteiger charge is -2.19. The molecule has 0 radical (unpaired) electrons. The number of hydrogen-bond acceptors (Lipinski definition) is 3. The summed E-state index contributed by atoms with van der Waals surface area (Å²) in [6, 6.07) is 12.5. The highest BCUT2D eigenvalue weighted by molar-refractivity contribution is 7.07. The predicted octanol–water partition coefficient (Wildman–Crippen LogP) is 2.83. The lowest BCUT2D eigenvalue weighted by Crippen LogP contribution is -2.43. The smallest absolute Gasteiger partial charge is 0.315 e. The van der Waals surface area contributed by atoms with E-state index >= 15 is 0 Å². The van der Waals surface area contributed by atoms with Crippen LogP contribution in [0.3, 0.4) is 0 Å². The van der Waals surface area contributed by atoms with Crippen LogP contribution in [-0.2, 0) is 6.54 Å².